The number of ether oxygens (including phenoxy) is 2. The fourth-order valence-corrected chi connectivity index (χ4v) is 3.40. The Hall–Kier alpha value is -2.01. The molecule has 136 valence electrons. The summed E-state index contributed by atoms with van der Waals surface area (Å²) in [6.07, 6.45) is 0.695. The van der Waals surface area contributed by atoms with E-state index in [-0.39, 0.29) is 18.1 Å². The van der Waals surface area contributed by atoms with Gasteiger partial charge in [-0.1, -0.05) is 20.3 Å². The molecule has 25 heavy (non-hydrogen) atoms. The van der Waals surface area contributed by atoms with Gasteiger partial charge in [-0.05, 0) is 32.8 Å². The number of fused-ring (bicyclic) bond motifs is 3. The Labute approximate surface area is 147 Å². The van der Waals surface area contributed by atoms with Crippen molar-refractivity contribution in [1.82, 2.24) is 0 Å². The molecule has 0 fully saturated rings. The second kappa shape index (κ2) is 6.71. The molecule has 0 spiro atoms. The molecule has 3 atom stereocenters. The molecule has 0 bridgehead atoms. The van der Waals surface area contributed by atoms with Crippen LogP contribution in [-0.2, 0) is 6.42 Å². The maximum atomic E-state index is 12.1. The molecule has 2 aromatic rings. The SMILES string of the molecule is CCCc1cc(=O)oc2c3c(cc(OC(C)C)c12)O[C@H](C)[C@@H](C)[C@H]3O. The molecule has 0 unspecified atom stereocenters. The second-order valence-corrected chi connectivity index (χ2v) is 7.12. The fraction of sp³-hybridized carbons (Fsp3) is 0.550. The Morgan fingerprint density at radius 1 is 1.28 bits per heavy atom. The summed E-state index contributed by atoms with van der Waals surface area (Å²) in [5.41, 5.74) is 1.39. The monoisotopic (exact) mass is 346 g/mol. The van der Waals surface area contributed by atoms with Crippen LogP contribution in [0.5, 0.6) is 11.5 Å². The van der Waals surface area contributed by atoms with Gasteiger partial charge in [-0.3, -0.25) is 0 Å². The predicted octanol–water partition coefficient (Wildman–Crippen LogP) is 3.98. The summed E-state index contributed by atoms with van der Waals surface area (Å²) in [5, 5.41) is 11.6. The van der Waals surface area contributed by atoms with Crippen LogP contribution < -0.4 is 15.1 Å². The van der Waals surface area contributed by atoms with Crippen LogP contribution >= 0.6 is 0 Å². The molecule has 0 amide bonds. The lowest BCUT2D eigenvalue weighted by molar-refractivity contribution is 0.0177. The van der Waals surface area contributed by atoms with Crippen molar-refractivity contribution in [3.05, 3.63) is 33.7 Å². The van der Waals surface area contributed by atoms with Gasteiger partial charge in [0.05, 0.1) is 23.2 Å². The number of benzene rings is 1. The summed E-state index contributed by atoms with van der Waals surface area (Å²) in [5.74, 6) is 1.05. The van der Waals surface area contributed by atoms with E-state index in [1.807, 2.05) is 33.8 Å². The summed E-state index contributed by atoms with van der Waals surface area (Å²) in [6, 6.07) is 3.34. The number of rotatable bonds is 4. The van der Waals surface area contributed by atoms with E-state index in [1.54, 1.807) is 0 Å². The first-order valence-electron chi connectivity index (χ1n) is 8.98. The molecule has 5 heteroatoms. The highest BCUT2D eigenvalue weighted by molar-refractivity contribution is 5.91. The first-order chi connectivity index (χ1) is 11.8. The molecule has 1 aliphatic rings. The molecule has 0 saturated heterocycles. The van der Waals surface area contributed by atoms with E-state index in [0.29, 0.717) is 22.6 Å². The van der Waals surface area contributed by atoms with Gasteiger partial charge in [0.15, 0.2) is 5.58 Å². The minimum Gasteiger partial charge on any atom is -0.490 e. The maximum Gasteiger partial charge on any atom is 0.336 e. The van der Waals surface area contributed by atoms with Gasteiger partial charge in [0, 0.05) is 18.1 Å². The average Bonchev–Trinajstić information content (AvgIpc) is 2.51. The van der Waals surface area contributed by atoms with Crippen molar-refractivity contribution >= 4 is 11.0 Å². The van der Waals surface area contributed by atoms with Gasteiger partial charge in [0.1, 0.15) is 17.6 Å². The van der Waals surface area contributed by atoms with Crippen molar-refractivity contribution < 1.29 is 19.0 Å². The zero-order valence-corrected chi connectivity index (χ0v) is 15.5. The number of hydrogen-bond acceptors (Lipinski definition) is 5. The molecule has 5 nitrogen and oxygen atoms in total. The smallest absolute Gasteiger partial charge is 0.336 e. The van der Waals surface area contributed by atoms with Crippen molar-refractivity contribution in [3.63, 3.8) is 0 Å². The van der Waals surface area contributed by atoms with Gasteiger partial charge in [-0.15, -0.1) is 0 Å². The standard InChI is InChI=1S/C20H26O5/c1-6-7-13-8-16(21)25-20-17(13)14(23-10(2)3)9-15-18(20)19(22)11(4)12(5)24-15/h8-12,19,22H,6-7H2,1-5H3/t11-,12-,19-/m1/s1. The van der Waals surface area contributed by atoms with Crippen LogP contribution in [0.3, 0.4) is 0 Å². The quantitative estimate of drug-likeness (QED) is 0.848. The van der Waals surface area contributed by atoms with Gasteiger partial charge in [0.2, 0.25) is 0 Å². The summed E-state index contributed by atoms with van der Waals surface area (Å²) in [6.45, 7) is 9.81. The average molecular weight is 346 g/mol. The molecule has 2 heterocycles. The summed E-state index contributed by atoms with van der Waals surface area (Å²) < 4.78 is 17.5. The van der Waals surface area contributed by atoms with E-state index in [9.17, 15) is 9.90 Å². The van der Waals surface area contributed by atoms with Crippen molar-refractivity contribution in [3.8, 4) is 11.5 Å². The third-order valence-electron chi connectivity index (χ3n) is 4.79. The molecule has 1 aromatic carbocycles. The summed E-state index contributed by atoms with van der Waals surface area (Å²) >= 11 is 0. The molecule has 1 aromatic heterocycles. The lowest BCUT2D eigenvalue weighted by Gasteiger charge is -2.34. The van der Waals surface area contributed by atoms with E-state index in [0.717, 1.165) is 23.8 Å². The van der Waals surface area contributed by atoms with Crippen molar-refractivity contribution in [2.75, 3.05) is 0 Å². The van der Waals surface area contributed by atoms with Crippen LogP contribution in [-0.4, -0.2) is 17.3 Å². The van der Waals surface area contributed by atoms with E-state index in [4.69, 9.17) is 13.9 Å². The predicted molar refractivity (Wildman–Crippen MR) is 96.5 cm³/mol. The van der Waals surface area contributed by atoms with Gasteiger partial charge in [0.25, 0.3) is 0 Å². The van der Waals surface area contributed by atoms with Crippen LogP contribution in [0.4, 0.5) is 0 Å². The van der Waals surface area contributed by atoms with Gasteiger partial charge in [-0.2, -0.15) is 0 Å². The first kappa shape index (κ1) is 17.8. The highest BCUT2D eigenvalue weighted by Crippen LogP contribution is 2.46. The topological polar surface area (TPSA) is 68.9 Å². The van der Waals surface area contributed by atoms with E-state index in [2.05, 4.69) is 6.92 Å². The zero-order valence-electron chi connectivity index (χ0n) is 15.5. The Kier molecular flexibility index (Phi) is 4.78. The molecule has 0 radical (unpaired) electrons. The van der Waals surface area contributed by atoms with Crippen LogP contribution in [0.2, 0.25) is 0 Å². The van der Waals surface area contributed by atoms with Crippen molar-refractivity contribution in [1.29, 1.82) is 0 Å². The van der Waals surface area contributed by atoms with E-state index in [1.165, 1.54) is 6.07 Å². The van der Waals surface area contributed by atoms with Crippen molar-refractivity contribution in [2.24, 2.45) is 5.92 Å². The molecular weight excluding hydrogens is 320 g/mol. The highest BCUT2D eigenvalue weighted by atomic mass is 16.5. The summed E-state index contributed by atoms with van der Waals surface area (Å²) in [7, 11) is 0. The third kappa shape index (κ3) is 3.13. The Bertz CT molecular complexity index is 836. The number of aliphatic hydroxyl groups is 1. The highest BCUT2D eigenvalue weighted by Gasteiger charge is 2.36. The second-order valence-electron chi connectivity index (χ2n) is 7.12. The Morgan fingerprint density at radius 3 is 2.64 bits per heavy atom. The fourth-order valence-electron chi connectivity index (χ4n) is 3.40. The molecular formula is C20H26O5. The summed E-state index contributed by atoms with van der Waals surface area (Å²) in [4.78, 5) is 12.1. The van der Waals surface area contributed by atoms with Gasteiger partial charge in [-0.25, -0.2) is 4.79 Å². The Morgan fingerprint density at radius 2 is 2.00 bits per heavy atom. The molecule has 0 aliphatic carbocycles. The third-order valence-corrected chi connectivity index (χ3v) is 4.79. The normalized spacial score (nSPS) is 22.8. The lowest BCUT2D eigenvalue weighted by Crippen LogP contribution is -2.32. The number of aliphatic hydroxyl groups excluding tert-OH is 1. The maximum absolute atomic E-state index is 12.1. The van der Waals surface area contributed by atoms with Crippen molar-refractivity contribution in [2.45, 2.75) is 65.8 Å². The first-order valence-corrected chi connectivity index (χ1v) is 8.98. The van der Waals surface area contributed by atoms with Crippen LogP contribution in [0.1, 0.15) is 58.3 Å². The van der Waals surface area contributed by atoms with Crippen LogP contribution in [0.15, 0.2) is 21.3 Å². The van der Waals surface area contributed by atoms with Gasteiger partial charge >= 0.3 is 5.63 Å². The molecule has 1 N–H and O–H groups in total. The Balaban J connectivity index is 2.38. The zero-order chi connectivity index (χ0) is 18.3. The molecule has 3 rings (SSSR count). The van der Waals surface area contributed by atoms with Gasteiger partial charge < -0.3 is 19.0 Å². The van der Waals surface area contributed by atoms with E-state index < -0.39 is 11.7 Å². The van der Waals surface area contributed by atoms with Crippen LogP contribution in [0.25, 0.3) is 11.0 Å². The molecule has 0 saturated carbocycles. The largest absolute Gasteiger partial charge is 0.490 e. The van der Waals surface area contributed by atoms with E-state index >= 15 is 0 Å². The van der Waals surface area contributed by atoms with Crippen LogP contribution in [0, 0.1) is 5.92 Å². The number of hydrogen-bond donors (Lipinski definition) is 1. The lowest BCUT2D eigenvalue weighted by atomic mass is 9.88. The molecule has 1 aliphatic heterocycles. The number of aryl methyl sites for hydroxylation is 1. The minimum atomic E-state index is -0.755. The minimum absolute atomic E-state index is 0.0347.